The summed E-state index contributed by atoms with van der Waals surface area (Å²) >= 11 is 0. The number of piperazine rings is 1. The Balaban J connectivity index is 1.44. The second-order valence-corrected chi connectivity index (χ2v) is 7.84. The largest absolute Gasteiger partial charge is 0.372 e. The fraction of sp³-hybridized carbons (Fsp3) is 0.478. The van der Waals surface area contributed by atoms with Crippen LogP contribution in [0, 0.1) is 0 Å². The molecule has 3 saturated heterocycles. The van der Waals surface area contributed by atoms with Crippen LogP contribution >= 0.6 is 0 Å². The molecule has 3 atom stereocenters. The number of hydrogen-bond acceptors (Lipinski definition) is 3. The number of rotatable bonds is 5. The summed E-state index contributed by atoms with van der Waals surface area (Å²) in [5.74, 6) is 0. The zero-order chi connectivity index (χ0) is 17.8. The Morgan fingerprint density at radius 2 is 1.58 bits per heavy atom. The molecule has 3 aliphatic heterocycles. The van der Waals surface area contributed by atoms with Gasteiger partial charge in [0.15, 0.2) is 0 Å². The van der Waals surface area contributed by atoms with Crippen LogP contribution in [0.15, 0.2) is 60.7 Å². The van der Waals surface area contributed by atoms with Crippen LogP contribution in [0.5, 0.6) is 0 Å². The second kappa shape index (κ2) is 8.34. The summed E-state index contributed by atoms with van der Waals surface area (Å²) in [6.45, 7) is 4.04. The first-order valence-corrected chi connectivity index (χ1v) is 9.93. The lowest BCUT2D eigenvalue weighted by molar-refractivity contribution is -0.0799. The van der Waals surface area contributed by atoms with Gasteiger partial charge in [-0.15, -0.1) is 0 Å². The third-order valence-corrected chi connectivity index (χ3v) is 5.99. The maximum atomic E-state index is 6.43. The molecule has 2 bridgehead atoms. The summed E-state index contributed by atoms with van der Waals surface area (Å²) in [7, 11) is 2.28. The monoisotopic (exact) mass is 350 g/mol. The van der Waals surface area contributed by atoms with Crippen molar-refractivity contribution < 1.29 is 4.74 Å². The topological polar surface area (TPSA) is 15.7 Å². The van der Waals surface area contributed by atoms with Gasteiger partial charge in [-0.05, 0) is 37.4 Å². The van der Waals surface area contributed by atoms with Crippen molar-refractivity contribution in [3.8, 4) is 0 Å². The summed E-state index contributed by atoms with van der Waals surface area (Å²) in [6.07, 6.45) is 4.03. The van der Waals surface area contributed by atoms with Crippen molar-refractivity contribution in [2.24, 2.45) is 0 Å². The molecular formula is C23H30N2O. The standard InChI is InChI=1S/C23H30N2O/c1-24-16-21-13-8-14-23(26-18-20-11-6-3-7-12-20)22(24)17-25(21)15-19-9-4-2-5-10-19/h2-7,9-12,21-23H,8,13-18H2,1H3/t21-,22-,23+/m1/s1. The van der Waals surface area contributed by atoms with Crippen molar-refractivity contribution in [2.45, 2.75) is 50.6 Å². The minimum atomic E-state index is 0.319. The van der Waals surface area contributed by atoms with Crippen LogP contribution in [0.25, 0.3) is 0 Å². The van der Waals surface area contributed by atoms with Crippen LogP contribution in [0.3, 0.4) is 0 Å². The van der Waals surface area contributed by atoms with Gasteiger partial charge in [-0.3, -0.25) is 9.80 Å². The Hall–Kier alpha value is -1.68. The van der Waals surface area contributed by atoms with Crippen molar-refractivity contribution in [2.75, 3.05) is 20.1 Å². The average molecular weight is 351 g/mol. The van der Waals surface area contributed by atoms with Gasteiger partial charge in [0.25, 0.3) is 0 Å². The number of hydrogen-bond donors (Lipinski definition) is 0. The van der Waals surface area contributed by atoms with Crippen LogP contribution in [-0.2, 0) is 17.9 Å². The van der Waals surface area contributed by atoms with E-state index in [0.29, 0.717) is 18.2 Å². The highest BCUT2D eigenvalue weighted by atomic mass is 16.5. The summed E-state index contributed by atoms with van der Waals surface area (Å²) in [5.41, 5.74) is 2.69. The molecule has 3 heteroatoms. The molecule has 0 amide bonds. The van der Waals surface area contributed by atoms with Crippen molar-refractivity contribution >= 4 is 0 Å². The van der Waals surface area contributed by atoms with E-state index in [9.17, 15) is 0 Å². The maximum Gasteiger partial charge on any atom is 0.0747 e. The van der Waals surface area contributed by atoms with Gasteiger partial charge >= 0.3 is 0 Å². The van der Waals surface area contributed by atoms with E-state index in [0.717, 1.165) is 26.2 Å². The van der Waals surface area contributed by atoms with Crippen LogP contribution in [0.2, 0.25) is 0 Å². The third kappa shape index (κ3) is 4.17. The Labute approximate surface area is 157 Å². The second-order valence-electron chi connectivity index (χ2n) is 7.84. The summed E-state index contributed by atoms with van der Waals surface area (Å²) in [4.78, 5) is 5.24. The molecular weight excluding hydrogens is 320 g/mol. The molecule has 3 heterocycles. The highest BCUT2D eigenvalue weighted by molar-refractivity contribution is 5.15. The van der Waals surface area contributed by atoms with E-state index < -0.39 is 0 Å². The van der Waals surface area contributed by atoms with Gasteiger partial charge in [-0.25, -0.2) is 0 Å². The first-order chi connectivity index (χ1) is 12.8. The van der Waals surface area contributed by atoms with Crippen LogP contribution in [0.4, 0.5) is 0 Å². The molecule has 0 N–H and O–H groups in total. The zero-order valence-corrected chi connectivity index (χ0v) is 15.8. The molecule has 3 nitrogen and oxygen atoms in total. The predicted octanol–water partition coefficient (Wildman–Crippen LogP) is 3.94. The highest BCUT2D eigenvalue weighted by Crippen LogP contribution is 2.29. The van der Waals surface area contributed by atoms with Gasteiger partial charge in [0.1, 0.15) is 0 Å². The number of ether oxygens (including phenoxy) is 1. The number of nitrogens with zero attached hydrogens (tertiary/aromatic N) is 2. The van der Waals surface area contributed by atoms with Gasteiger partial charge in [0, 0.05) is 31.7 Å². The van der Waals surface area contributed by atoms with E-state index in [1.807, 2.05) is 0 Å². The minimum absolute atomic E-state index is 0.319. The molecule has 138 valence electrons. The fourth-order valence-corrected chi connectivity index (χ4v) is 4.52. The van der Waals surface area contributed by atoms with Crippen molar-refractivity contribution in [1.82, 2.24) is 9.80 Å². The Morgan fingerprint density at radius 3 is 2.31 bits per heavy atom. The molecule has 0 aliphatic carbocycles. The molecule has 5 rings (SSSR count). The van der Waals surface area contributed by atoms with Crippen molar-refractivity contribution in [3.05, 3.63) is 71.8 Å². The first-order valence-electron chi connectivity index (χ1n) is 9.93. The molecule has 2 aromatic rings. The first kappa shape index (κ1) is 17.7. The van der Waals surface area contributed by atoms with Crippen LogP contribution < -0.4 is 0 Å². The maximum absolute atomic E-state index is 6.43. The number of benzene rings is 2. The van der Waals surface area contributed by atoms with Gasteiger partial charge in [-0.2, -0.15) is 0 Å². The SMILES string of the molecule is CN1C[C@H]2CCC[C@H](OCc3ccccc3)[C@H]1CN2Cc1ccccc1. The Bertz CT molecular complexity index is 675. The number of likely N-dealkylation sites (N-methyl/N-ethyl adjacent to an activating group) is 1. The molecule has 2 aromatic carbocycles. The molecule has 26 heavy (non-hydrogen) atoms. The lowest BCUT2D eigenvalue weighted by Crippen LogP contribution is -2.61. The Morgan fingerprint density at radius 1 is 0.885 bits per heavy atom. The van der Waals surface area contributed by atoms with Crippen molar-refractivity contribution in [3.63, 3.8) is 0 Å². The van der Waals surface area contributed by atoms with E-state index in [1.165, 1.54) is 30.4 Å². The average Bonchev–Trinajstić information content (AvgIpc) is 2.66. The van der Waals surface area contributed by atoms with Gasteiger partial charge in [0.05, 0.1) is 12.7 Å². The normalized spacial score (nSPS) is 27.2. The minimum Gasteiger partial charge on any atom is -0.372 e. The van der Waals surface area contributed by atoms with E-state index in [4.69, 9.17) is 4.74 Å². The van der Waals surface area contributed by atoms with E-state index >= 15 is 0 Å². The zero-order valence-electron chi connectivity index (χ0n) is 15.8. The number of fused-ring (bicyclic) bond motifs is 5. The molecule has 3 aliphatic rings. The van der Waals surface area contributed by atoms with E-state index in [-0.39, 0.29) is 0 Å². The molecule has 0 aromatic heterocycles. The molecule has 0 unspecified atom stereocenters. The smallest absolute Gasteiger partial charge is 0.0747 e. The third-order valence-electron chi connectivity index (χ3n) is 5.99. The van der Waals surface area contributed by atoms with Gasteiger partial charge < -0.3 is 4.74 Å². The van der Waals surface area contributed by atoms with Gasteiger partial charge in [0.2, 0.25) is 0 Å². The molecule has 0 radical (unpaired) electrons. The summed E-state index contributed by atoms with van der Waals surface area (Å²) < 4.78 is 6.43. The summed E-state index contributed by atoms with van der Waals surface area (Å²) in [6, 6.07) is 22.6. The van der Waals surface area contributed by atoms with Gasteiger partial charge in [-0.1, -0.05) is 60.7 Å². The van der Waals surface area contributed by atoms with E-state index in [2.05, 4.69) is 77.5 Å². The molecule has 0 saturated carbocycles. The van der Waals surface area contributed by atoms with Crippen molar-refractivity contribution in [1.29, 1.82) is 0 Å². The lowest BCUT2D eigenvalue weighted by atomic mass is 9.91. The highest BCUT2D eigenvalue weighted by Gasteiger charge is 2.38. The fourth-order valence-electron chi connectivity index (χ4n) is 4.52. The predicted molar refractivity (Wildman–Crippen MR) is 106 cm³/mol. The molecule has 0 spiro atoms. The Kier molecular flexibility index (Phi) is 5.68. The van der Waals surface area contributed by atoms with Crippen LogP contribution in [-0.4, -0.2) is 48.1 Å². The molecule has 3 fully saturated rings. The van der Waals surface area contributed by atoms with Crippen LogP contribution in [0.1, 0.15) is 30.4 Å². The quantitative estimate of drug-likeness (QED) is 0.812. The summed E-state index contributed by atoms with van der Waals surface area (Å²) in [5, 5.41) is 0. The lowest BCUT2D eigenvalue weighted by Gasteiger charge is -2.49. The van der Waals surface area contributed by atoms with E-state index in [1.54, 1.807) is 0 Å².